The van der Waals surface area contributed by atoms with Crippen molar-refractivity contribution in [3.8, 4) is 0 Å². The van der Waals surface area contributed by atoms with Crippen molar-refractivity contribution in [2.24, 2.45) is 5.41 Å². The summed E-state index contributed by atoms with van der Waals surface area (Å²) in [6.07, 6.45) is 0.549. The van der Waals surface area contributed by atoms with E-state index in [0.717, 1.165) is 5.56 Å². The number of carbonyl (C=O) groups excluding carboxylic acids is 1. The van der Waals surface area contributed by atoms with Crippen molar-refractivity contribution in [3.63, 3.8) is 0 Å². The zero-order chi connectivity index (χ0) is 20.2. The number of likely N-dealkylation sites (tertiary alicyclic amines) is 1. The van der Waals surface area contributed by atoms with Crippen molar-refractivity contribution in [3.05, 3.63) is 35.9 Å². The maximum Gasteiger partial charge on any atom is 0.410 e. The van der Waals surface area contributed by atoms with E-state index in [1.165, 1.54) is 4.90 Å². The van der Waals surface area contributed by atoms with Gasteiger partial charge in [0.15, 0.2) is 0 Å². The highest BCUT2D eigenvalue weighted by molar-refractivity contribution is 5.78. The number of hydrogen-bond donors (Lipinski definition) is 2. The number of carbonyl (C=O) groups is 2. The van der Waals surface area contributed by atoms with Crippen LogP contribution in [0, 0.1) is 5.41 Å². The minimum atomic E-state index is -1.04. The van der Waals surface area contributed by atoms with Gasteiger partial charge in [0.2, 0.25) is 0 Å². The van der Waals surface area contributed by atoms with Crippen LogP contribution in [0.4, 0.5) is 4.79 Å². The molecule has 1 unspecified atom stereocenters. The third-order valence-electron chi connectivity index (χ3n) is 5.29. The van der Waals surface area contributed by atoms with E-state index >= 15 is 0 Å². The van der Waals surface area contributed by atoms with Crippen molar-refractivity contribution in [2.45, 2.75) is 65.1 Å². The molecule has 1 saturated heterocycles. The Morgan fingerprint density at radius 3 is 2.48 bits per heavy atom. The summed E-state index contributed by atoms with van der Waals surface area (Å²) in [5.41, 5.74) is -0.535. The fourth-order valence-electron chi connectivity index (χ4n) is 3.68. The van der Waals surface area contributed by atoms with Gasteiger partial charge in [-0.3, -0.25) is 4.79 Å². The highest BCUT2D eigenvalue weighted by atomic mass is 16.6. The van der Waals surface area contributed by atoms with Gasteiger partial charge in [-0.15, -0.1) is 0 Å². The largest absolute Gasteiger partial charge is 0.481 e. The van der Waals surface area contributed by atoms with Crippen LogP contribution in [0.25, 0.3) is 0 Å². The van der Waals surface area contributed by atoms with Crippen molar-refractivity contribution < 1.29 is 19.4 Å². The number of aliphatic carboxylic acids is 1. The van der Waals surface area contributed by atoms with E-state index in [1.54, 1.807) is 0 Å². The number of rotatable bonds is 5. The van der Waals surface area contributed by atoms with E-state index in [2.05, 4.69) is 5.32 Å². The molecule has 1 amide bonds. The van der Waals surface area contributed by atoms with Gasteiger partial charge < -0.3 is 20.1 Å². The molecule has 1 aliphatic heterocycles. The molecule has 0 saturated carbocycles. The number of carboxylic acid groups (broad SMARTS) is 1. The molecule has 0 aliphatic carbocycles. The van der Waals surface area contributed by atoms with Gasteiger partial charge in [0.05, 0.1) is 0 Å². The van der Waals surface area contributed by atoms with Gasteiger partial charge in [0.1, 0.15) is 11.0 Å². The first-order valence-corrected chi connectivity index (χ1v) is 9.61. The Labute approximate surface area is 161 Å². The van der Waals surface area contributed by atoms with Crippen LogP contribution in [-0.2, 0) is 9.53 Å². The third kappa shape index (κ3) is 5.01. The van der Waals surface area contributed by atoms with Gasteiger partial charge in [0.25, 0.3) is 0 Å². The monoisotopic (exact) mass is 376 g/mol. The molecule has 150 valence electrons. The molecule has 1 aromatic rings. The number of amides is 1. The first-order chi connectivity index (χ1) is 12.6. The normalized spacial score (nSPS) is 24.3. The molecule has 1 aliphatic rings. The summed E-state index contributed by atoms with van der Waals surface area (Å²) in [5.74, 6) is -0.879. The highest BCUT2D eigenvalue weighted by Crippen LogP contribution is 2.36. The molecule has 0 spiro atoms. The molecule has 2 rings (SSSR count). The van der Waals surface area contributed by atoms with Gasteiger partial charge >= 0.3 is 12.1 Å². The second kappa shape index (κ2) is 8.30. The van der Waals surface area contributed by atoms with Crippen LogP contribution in [0.5, 0.6) is 0 Å². The molecular weight excluding hydrogens is 344 g/mol. The van der Waals surface area contributed by atoms with E-state index < -0.39 is 23.1 Å². The molecule has 6 nitrogen and oxygen atoms in total. The Morgan fingerprint density at radius 1 is 1.33 bits per heavy atom. The molecule has 0 bridgehead atoms. The molecule has 6 heteroatoms. The molecule has 1 fully saturated rings. The molecule has 0 aromatic heterocycles. The summed E-state index contributed by atoms with van der Waals surface area (Å²) >= 11 is 0. The summed E-state index contributed by atoms with van der Waals surface area (Å²) in [7, 11) is 0. The first-order valence-electron chi connectivity index (χ1n) is 9.61. The van der Waals surface area contributed by atoms with E-state index in [1.807, 2.05) is 65.0 Å². The Morgan fingerprint density at radius 2 is 1.96 bits per heavy atom. The van der Waals surface area contributed by atoms with Gasteiger partial charge in [0, 0.05) is 25.2 Å². The lowest BCUT2D eigenvalue weighted by Gasteiger charge is -2.46. The van der Waals surface area contributed by atoms with Gasteiger partial charge in [-0.1, -0.05) is 37.3 Å². The lowest BCUT2D eigenvalue weighted by Crippen LogP contribution is -2.62. The second-order valence-electron chi connectivity index (χ2n) is 8.36. The number of carboxylic acids is 1. The molecule has 2 N–H and O–H groups in total. The molecule has 1 heterocycles. The number of benzene rings is 1. The number of hydrogen-bond acceptors (Lipinski definition) is 4. The minimum Gasteiger partial charge on any atom is -0.481 e. The SMILES string of the molecule is CC[C@@]1(C(=O)O)CN(C(=O)OC(C)(C)C)CC[C@@H]1NC(C)c1ccccc1. The first kappa shape index (κ1) is 21.2. The van der Waals surface area contributed by atoms with Crippen LogP contribution in [0.2, 0.25) is 0 Å². The zero-order valence-electron chi connectivity index (χ0n) is 17.0. The second-order valence-corrected chi connectivity index (χ2v) is 8.36. The van der Waals surface area contributed by atoms with Gasteiger partial charge in [-0.05, 0) is 46.1 Å². The summed E-state index contributed by atoms with van der Waals surface area (Å²) in [6, 6.07) is 9.77. The predicted octanol–water partition coefficient (Wildman–Crippen LogP) is 3.83. The smallest absolute Gasteiger partial charge is 0.410 e. The van der Waals surface area contributed by atoms with Crippen LogP contribution in [0.1, 0.15) is 59.1 Å². The van der Waals surface area contributed by atoms with Crippen molar-refractivity contribution in [1.82, 2.24) is 10.2 Å². The van der Waals surface area contributed by atoms with E-state index in [-0.39, 0.29) is 18.6 Å². The fourth-order valence-corrected chi connectivity index (χ4v) is 3.68. The average Bonchev–Trinajstić information content (AvgIpc) is 2.61. The van der Waals surface area contributed by atoms with Crippen LogP contribution in [0.3, 0.4) is 0 Å². The average molecular weight is 376 g/mol. The van der Waals surface area contributed by atoms with Crippen LogP contribution >= 0.6 is 0 Å². The predicted molar refractivity (Wildman–Crippen MR) is 105 cm³/mol. The quantitative estimate of drug-likeness (QED) is 0.816. The van der Waals surface area contributed by atoms with Crippen molar-refractivity contribution in [1.29, 1.82) is 0 Å². The standard InChI is InChI=1S/C21H32N2O4/c1-6-21(18(24)25)14-23(19(26)27-20(3,4)5)13-12-17(21)22-15(2)16-10-8-7-9-11-16/h7-11,15,17,22H,6,12-14H2,1-5H3,(H,24,25)/t15?,17-,21+/m0/s1. The maximum atomic E-state index is 12.5. The Bertz CT molecular complexity index is 656. The van der Waals surface area contributed by atoms with Crippen LogP contribution in [0.15, 0.2) is 30.3 Å². The van der Waals surface area contributed by atoms with E-state index in [4.69, 9.17) is 4.74 Å². The van der Waals surface area contributed by atoms with Crippen LogP contribution < -0.4 is 5.32 Å². The summed E-state index contributed by atoms with van der Waals surface area (Å²) in [6.45, 7) is 9.96. The molecule has 27 heavy (non-hydrogen) atoms. The zero-order valence-corrected chi connectivity index (χ0v) is 17.0. The molecule has 0 radical (unpaired) electrons. The lowest BCUT2D eigenvalue weighted by molar-refractivity contribution is -0.155. The summed E-state index contributed by atoms with van der Waals surface area (Å²) in [4.78, 5) is 26.3. The number of ether oxygens (including phenoxy) is 1. The van der Waals surface area contributed by atoms with E-state index in [9.17, 15) is 14.7 Å². The Hall–Kier alpha value is -2.08. The van der Waals surface area contributed by atoms with E-state index in [0.29, 0.717) is 19.4 Å². The number of nitrogens with zero attached hydrogens (tertiary/aromatic N) is 1. The van der Waals surface area contributed by atoms with Crippen molar-refractivity contribution >= 4 is 12.1 Å². The third-order valence-corrected chi connectivity index (χ3v) is 5.29. The summed E-state index contributed by atoms with van der Waals surface area (Å²) < 4.78 is 5.45. The van der Waals surface area contributed by atoms with Gasteiger partial charge in [-0.25, -0.2) is 4.79 Å². The number of piperidine rings is 1. The molecular formula is C21H32N2O4. The van der Waals surface area contributed by atoms with Crippen LogP contribution in [-0.4, -0.2) is 46.8 Å². The highest BCUT2D eigenvalue weighted by Gasteiger charge is 2.50. The minimum absolute atomic E-state index is 0.0227. The number of nitrogens with one attached hydrogen (secondary N) is 1. The fraction of sp³-hybridized carbons (Fsp3) is 0.619. The topological polar surface area (TPSA) is 78.9 Å². The Kier molecular flexibility index (Phi) is 6.52. The van der Waals surface area contributed by atoms with Crippen molar-refractivity contribution in [2.75, 3.05) is 13.1 Å². The lowest BCUT2D eigenvalue weighted by atomic mass is 9.73. The Balaban J connectivity index is 2.19. The maximum absolute atomic E-state index is 12.5. The molecule has 1 aromatic carbocycles. The van der Waals surface area contributed by atoms with Gasteiger partial charge in [-0.2, -0.15) is 0 Å². The summed E-state index contributed by atoms with van der Waals surface area (Å²) in [5, 5.41) is 13.6. The molecule has 3 atom stereocenters.